The van der Waals surface area contributed by atoms with Crippen LogP contribution in [0.15, 0.2) is 42.7 Å². The van der Waals surface area contributed by atoms with Crippen LogP contribution in [0.2, 0.25) is 0 Å². The summed E-state index contributed by atoms with van der Waals surface area (Å²) in [6.45, 7) is 8.27. The smallest absolute Gasteiger partial charge is 0.411 e. The molecule has 39 heavy (non-hydrogen) atoms. The molecule has 3 aliphatic rings. The van der Waals surface area contributed by atoms with Gasteiger partial charge in [0.05, 0.1) is 5.56 Å². The minimum absolute atomic E-state index is 0.0499. The number of hydrogen-bond donors (Lipinski definition) is 1. The Bertz CT molecular complexity index is 1190. The molecule has 9 nitrogen and oxygen atoms in total. The van der Waals surface area contributed by atoms with Crippen molar-refractivity contribution in [2.75, 3.05) is 36.4 Å². The largest absolute Gasteiger partial charge is 0.444 e. The minimum atomic E-state index is -0.594. The average molecular weight is 536 g/mol. The van der Waals surface area contributed by atoms with Crippen LogP contribution in [0.1, 0.15) is 63.2 Å². The van der Waals surface area contributed by atoms with E-state index in [1.807, 2.05) is 67.7 Å². The third-order valence-corrected chi connectivity index (χ3v) is 8.15. The van der Waals surface area contributed by atoms with E-state index in [1.165, 1.54) is 0 Å². The second-order valence-electron chi connectivity index (χ2n) is 12.1. The number of ether oxygens (including phenoxy) is 1. The van der Waals surface area contributed by atoms with E-state index in [2.05, 4.69) is 10.2 Å². The van der Waals surface area contributed by atoms with E-state index < -0.39 is 11.6 Å². The number of aromatic nitrogens is 1. The van der Waals surface area contributed by atoms with Gasteiger partial charge in [-0.1, -0.05) is 12.8 Å². The van der Waals surface area contributed by atoms with Crippen LogP contribution in [-0.2, 0) is 16.6 Å². The van der Waals surface area contributed by atoms with Gasteiger partial charge >= 0.3 is 6.09 Å². The zero-order valence-electron chi connectivity index (χ0n) is 23.6. The van der Waals surface area contributed by atoms with Crippen molar-refractivity contribution < 1.29 is 19.1 Å². The van der Waals surface area contributed by atoms with Gasteiger partial charge < -0.3 is 24.4 Å². The Balaban J connectivity index is 1.19. The van der Waals surface area contributed by atoms with Crippen LogP contribution >= 0.6 is 0 Å². The third-order valence-electron chi connectivity index (χ3n) is 8.15. The van der Waals surface area contributed by atoms with Gasteiger partial charge in [-0.25, -0.2) is 4.79 Å². The Morgan fingerprint density at radius 3 is 2.28 bits per heavy atom. The number of piperazine rings is 1. The van der Waals surface area contributed by atoms with Crippen molar-refractivity contribution in [3.63, 3.8) is 0 Å². The first-order chi connectivity index (χ1) is 18.6. The van der Waals surface area contributed by atoms with E-state index in [0.717, 1.165) is 43.5 Å². The summed E-state index contributed by atoms with van der Waals surface area (Å²) in [4.78, 5) is 45.4. The number of nitrogens with zero attached hydrogens (tertiary/aromatic N) is 4. The number of fused-ring (bicyclic) bond motifs is 1. The van der Waals surface area contributed by atoms with Crippen LogP contribution in [0.4, 0.5) is 16.2 Å². The monoisotopic (exact) mass is 535 g/mol. The lowest BCUT2D eigenvalue weighted by Gasteiger charge is -2.39. The van der Waals surface area contributed by atoms with Crippen LogP contribution in [0.3, 0.4) is 0 Å². The number of nitrogens with one attached hydrogen (secondary N) is 1. The van der Waals surface area contributed by atoms with Gasteiger partial charge in [-0.05, 0) is 76.3 Å². The second kappa shape index (κ2) is 10.9. The quantitative estimate of drug-likeness (QED) is 0.623. The number of anilines is 2. The highest BCUT2D eigenvalue weighted by molar-refractivity contribution is 6.04. The zero-order chi connectivity index (χ0) is 27.7. The summed E-state index contributed by atoms with van der Waals surface area (Å²) in [5.41, 5.74) is 1.82. The minimum Gasteiger partial charge on any atom is -0.444 e. The maximum absolute atomic E-state index is 13.7. The number of rotatable bonds is 4. The van der Waals surface area contributed by atoms with Crippen molar-refractivity contribution in [3.05, 3.63) is 48.3 Å². The van der Waals surface area contributed by atoms with Gasteiger partial charge in [-0.15, -0.1) is 0 Å². The number of likely N-dealkylation sites (tertiary alicyclic amines) is 1. The summed E-state index contributed by atoms with van der Waals surface area (Å²) in [7, 11) is 1.88. The molecule has 3 fully saturated rings. The topological polar surface area (TPSA) is 87.1 Å². The maximum atomic E-state index is 13.7. The Morgan fingerprint density at radius 2 is 1.64 bits per heavy atom. The molecule has 0 bridgehead atoms. The van der Waals surface area contributed by atoms with Gasteiger partial charge in [0, 0.05) is 63.0 Å². The normalized spacial score (nSPS) is 23.4. The highest BCUT2D eigenvalue weighted by Gasteiger charge is 2.50. The van der Waals surface area contributed by atoms with Gasteiger partial charge in [0.25, 0.3) is 5.91 Å². The van der Waals surface area contributed by atoms with Gasteiger partial charge in [0.15, 0.2) is 0 Å². The average Bonchev–Trinajstić information content (AvgIpc) is 3.52. The predicted molar refractivity (Wildman–Crippen MR) is 151 cm³/mol. The van der Waals surface area contributed by atoms with Crippen molar-refractivity contribution in [2.24, 2.45) is 13.0 Å². The molecule has 9 heteroatoms. The summed E-state index contributed by atoms with van der Waals surface area (Å²) in [6.07, 6.45) is 8.29. The van der Waals surface area contributed by atoms with Gasteiger partial charge in [0.2, 0.25) is 5.91 Å². The summed E-state index contributed by atoms with van der Waals surface area (Å²) in [5, 5.41) is 2.94. The Kier molecular flexibility index (Phi) is 7.60. The molecule has 0 radical (unpaired) electrons. The number of carbonyl (C=O) groups excluding carboxylic acids is 3. The molecule has 1 aliphatic carbocycles. The molecule has 2 saturated heterocycles. The molecule has 3 atom stereocenters. The molecule has 0 unspecified atom stereocenters. The summed E-state index contributed by atoms with van der Waals surface area (Å²) >= 11 is 0. The van der Waals surface area contributed by atoms with E-state index in [-0.39, 0.29) is 23.9 Å². The SMILES string of the molecule is Cn1ccc(C(=O)Nc2ccc(N3CCN(C(=O)[C@H]4C[C@@H]5CCCC[C@@H]5N4C(=O)OC(C)(C)C)CC3)cc2)c1. The summed E-state index contributed by atoms with van der Waals surface area (Å²) in [6, 6.07) is 9.28. The molecule has 1 aromatic heterocycles. The fraction of sp³-hybridized carbons (Fsp3) is 0.567. The van der Waals surface area contributed by atoms with E-state index in [4.69, 9.17) is 4.74 Å². The highest BCUT2D eigenvalue weighted by Crippen LogP contribution is 2.41. The lowest BCUT2D eigenvalue weighted by atomic mass is 9.84. The van der Waals surface area contributed by atoms with E-state index in [1.54, 1.807) is 17.2 Å². The zero-order valence-corrected chi connectivity index (χ0v) is 23.6. The number of benzene rings is 1. The molecule has 1 saturated carbocycles. The molecule has 1 aromatic carbocycles. The predicted octanol–water partition coefficient (Wildman–Crippen LogP) is 4.49. The molecule has 0 spiro atoms. The Labute approximate surface area is 231 Å². The first-order valence-corrected chi connectivity index (χ1v) is 14.2. The third kappa shape index (κ3) is 6.07. The van der Waals surface area contributed by atoms with Crippen LogP contribution in [0.25, 0.3) is 0 Å². The molecule has 1 N–H and O–H groups in total. The molecular formula is C30H41N5O4. The molecule has 2 aliphatic heterocycles. The number of carbonyl (C=O) groups is 3. The van der Waals surface area contributed by atoms with Crippen LogP contribution in [0, 0.1) is 5.92 Å². The molecule has 2 aromatic rings. The van der Waals surface area contributed by atoms with Crippen LogP contribution in [0.5, 0.6) is 0 Å². The van der Waals surface area contributed by atoms with Crippen LogP contribution < -0.4 is 10.2 Å². The number of aryl methyl sites for hydroxylation is 1. The van der Waals surface area contributed by atoms with Crippen LogP contribution in [-0.4, -0.2) is 76.1 Å². The van der Waals surface area contributed by atoms with Gasteiger partial charge in [-0.2, -0.15) is 0 Å². The molecule has 210 valence electrons. The van der Waals surface area contributed by atoms with Crippen molar-refractivity contribution in [1.29, 1.82) is 0 Å². The number of amides is 3. The number of hydrogen-bond acceptors (Lipinski definition) is 5. The van der Waals surface area contributed by atoms with E-state index in [9.17, 15) is 14.4 Å². The maximum Gasteiger partial charge on any atom is 0.411 e. The molecule has 3 heterocycles. The van der Waals surface area contributed by atoms with Crippen molar-refractivity contribution in [2.45, 2.75) is 70.6 Å². The first kappa shape index (κ1) is 27.1. The van der Waals surface area contributed by atoms with Crippen molar-refractivity contribution >= 4 is 29.3 Å². The molecule has 5 rings (SSSR count). The second-order valence-corrected chi connectivity index (χ2v) is 12.1. The lowest BCUT2D eigenvalue weighted by molar-refractivity contribution is -0.136. The highest BCUT2D eigenvalue weighted by atomic mass is 16.6. The summed E-state index contributed by atoms with van der Waals surface area (Å²) in [5.74, 6) is 0.291. The Hall–Kier alpha value is -3.49. The van der Waals surface area contributed by atoms with Gasteiger partial charge in [0.1, 0.15) is 11.6 Å². The molecule has 3 amide bonds. The van der Waals surface area contributed by atoms with E-state index >= 15 is 0 Å². The summed E-state index contributed by atoms with van der Waals surface area (Å²) < 4.78 is 7.60. The first-order valence-electron chi connectivity index (χ1n) is 14.2. The van der Waals surface area contributed by atoms with Crippen molar-refractivity contribution in [3.8, 4) is 0 Å². The fourth-order valence-corrected chi connectivity index (χ4v) is 6.25. The lowest BCUT2D eigenvalue weighted by Crippen LogP contribution is -2.56. The molecular weight excluding hydrogens is 494 g/mol. The standard InChI is InChI=1S/C30H41N5O4/c1-30(2,3)39-29(38)35-25-8-6-5-7-21(25)19-26(35)28(37)34-17-15-33(16-18-34)24-11-9-23(10-12-24)31-27(36)22-13-14-32(4)20-22/h9-14,20-21,25-26H,5-8,15-19H2,1-4H3,(H,31,36)/t21-,25-,26+/m0/s1. The fourth-order valence-electron chi connectivity index (χ4n) is 6.25. The van der Waals surface area contributed by atoms with Crippen molar-refractivity contribution in [1.82, 2.24) is 14.4 Å². The van der Waals surface area contributed by atoms with Gasteiger partial charge in [-0.3, -0.25) is 14.5 Å². The Morgan fingerprint density at radius 1 is 0.949 bits per heavy atom. The van der Waals surface area contributed by atoms with E-state index in [0.29, 0.717) is 37.7 Å².